The van der Waals surface area contributed by atoms with Crippen molar-refractivity contribution in [1.29, 1.82) is 0 Å². The molecule has 0 aliphatic carbocycles. The highest BCUT2D eigenvalue weighted by molar-refractivity contribution is 14.1. The van der Waals surface area contributed by atoms with Gasteiger partial charge in [-0.3, -0.25) is 0 Å². The number of aromatic nitrogens is 1. The first kappa shape index (κ1) is 10.9. The van der Waals surface area contributed by atoms with Gasteiger partial charge in [0.15, 0.2) is 0 Å². The Morgan fingerprint density at radius 1 is 1.27 bits per heavy atom. The second kappa shape index (κ2) is 3.48. The maximum absolute atomic E-state index is 11.6. The third-order valence-corrected chi connectivity index (χ3v) is 4.81. The van der Waals surface area contributed by atoms with Crippen LogP contribution in [0, 0.1) is 10.5 Å². The minimum absolute atomic E-state index is 0.752. The zero-order valence-electron chi connectivity index (χ0n) is 8.36. The molecule has 0 saturated carbocycles. The molecule has 1 aromatic heterocycles. The number of nitrogens with zero attached hydrogens (tertiary/aromatic N) is 1. The highest BCUT2D eigenvalue weighted by Crippen LogP contribution is 2.27. The summed E-state index contributed by atoms with van der Waals surface area (Å²) in [4.78, 5) is 0. The number of fused-ring (bicyclic) bond motifs is 1. The fourth-order valence-electron chi connectivity index (χ4n) is 1.73. The first-order valence-corrected chi connectivity index (χ1v) is 7.31. The van der Waals surface area contributed by atoms with Crippen molar-refractivity contribution >= 4 is 43.5 Å². The van der Waals surface area contributed by atoms with Crippen molar-refractivity contribution in [2.45, 2.75) is 6.92 Å². The van der Waals surface area contributed by atoms with Crippen LogP contribution in [0.2, 0.25) is 0 Å². The fraction of sp³-hybridized carbons (Fsp3) is 0.200. The molecule has 0 saturated heterocycles. The molecule has 0 amide bonds. The van der Waals surface area contributed by atoms with E-state index in [-0.39, 0.29) is 0 Å². The standard InChI is InChI=1S/C10H10INO2S/c1-7-10(11)8-5-3-4-6-9(8)12(7)15(2,13)14/h3-6H,1-2H3. The van der Waals surface area contributed by atoms with E-state index in [1.807, 2.05) is 31.2 Å². The van der Waals surface area contributed by atoms with Crippen LogP contribution in [0.3, 0.4) is 0 Å². The number of rotatable bonds is 1. The summed E-state index contributed by atoms with van der Waals surface area (Å²) in [6.45, 7) is 1.82. The molecule has 0 atom stereocenters. The van der Waals surface area contributed by atoms with Crippen LogP contribution in [-0.4, -0.2) is 18.6 Å². The van der Waals surface area contributed by atoms with E-state index in [1.165, 1.54) is 10.2 Å². The van der Waals surface area contributed by atoms with E-state index in [4.69, 9.17) is 0 Å². The Balaban J connectivity index is 3.03. The minimum atomic E-state index is -3.23. The second-order valence-corrected chi connectivity index (χ2v) is 6.35. The first-order valence-electron chi connectivity index (χ1n) is 4.39. The van der Waals surface area contributed by atoms with Crippen molar-refractivity contribution in [2.24, 2.45) is 0 Å². The van der Waals surface area contributed by atoms with Crippen molar-refractivity contribution in [3.63, 3.8) is 0 Å². The molecule has 80 valence electrons. The van der Waals surface area contributed by atoms with Crippen LogP contribution < -0.4 is 0 Å². The molecular weight excluding hydrogens is 325 g/mol. The Labute approximate surface area is 102 Å². The van der Waals surface area contributed by atoms with Gasteiger partial charge in [-0.05, 0) is 35.6 Å². The average molecular weight is 335 g/mol. The van der Waals surface area contributed by atoms with Gasteiger partial charge in [0.25, 0.3) is 0 Å². The van der Waals surface area contributed by atoms with Gasteiger partial charge in [0.1, 0.15) is 0 Å². The highest BCUT2D eigenvalue weighted by Gasteiger charge is 2.17. The lowest BCUT2D eigenvalue weighted by Crippen LogP contribution is -2.11. The molecule has 0 unspecified atom stereocenters. The normalized spacial score (nSPS) is 12.2. The molecule has 0 radical (unpaired) electrons. The average Bonchev–Trinajstić information content (AvgIpc) is 2.39. The summed E-state index contributed by atoms with van der Waals surface area (Å²) in [6.07, 6.45) is 1.22. The molecule has 3 nitrogen and oxygen atoms in total. The third kappa shape index (κ3) is 1.67. The number of para-hydroxylation sites is 1. The van der Waals surface area contributed by atoms with Crippen molar-refractivity contribution in [1.82, 2.24) is 3.97 Å². The molecule has 15 heavy (non-hydrogen) atoms. The molecule has 0 aliphatic rings. The van der Waals surface area contributed by atoms with E-state index < -0.39 is 10.0 Å². The molecule has 2 rings (SSSR count). The van der Waals surface area contributed by atoms with Gasteiger partial charge < -0.3 is 0 Å². The van der Waals surface area contributed by atoms with Crippen LogP contribution in [0.15, 0.2) is 24.3 Å². The second-order valence-electron chi connectivity index (χ2n) is 3.44. The van der Waals surface area contributed by atoms with Gasteiger partial charge in [-0.25, -0.2) is 12.4 Å². The van der Waals surface area contributed by atoms with Gasteiger partial charge in [-0.15, -0.1) is 0 Å². The summed E-state index contributed by atoms with van der Waals surface area (Å²) in [5, 5.41) is 0.987. The Morgan fingerprint density at radius 3 is 2.47 bits per heavy atom. The van der Waals surface area contributed by atoms with E-state index in [0.29, 0.717) is 0 Å². The fourth-order valence-corrected chi connectivity index (χ4v) is 3.69. The summed E-state index contributed by atoms with van der Waals surface area (Å²) >= 11 is 2.18. The maximum atomic E-state index is 11.6. The Hall–Kier alpha value is -0.560. The van der Waals surface area contributed by atoms with Crippen LogP contribution in [0.5, 0.6) is 0 Å². The van der Waals surface area contributed by atoms with Crippen LogP contribution in [0.25, 0.3) is 10.9 Å². The van der Waals surface area contributed by atoms with Crippen molar-refractivity contribution in [3.8, 4) is 0 Å². The molecule has 5 heteroatoms. The summed E-state index contributed by atoms with van der Waals surface area (Å²) in [5.74, 6) is 0. The lowest BCUT2D eigenvalue weighted by molar-refractivity contribution is 0.594. The molecule has 2 aromatic rings. The van der Waals surface area contributed by atoms with E-state index in [0.717, 1.165) is 20.2 Å². The lowest BCUT2D eigenvalue weighted by Gasteiger charge is -2.04. The van der Waals surface area contributed by atoms with Crippen LogP contribution in [0.4, 0.5) is 0 Å². The highest BCUT2D eigenvalue weighted by atomic mass is 127. The van der Waals surface area contributed by atoms with Crippen LogP contribution >= 0.6 is 22.6 Å². The summed E-state index contributed by atoms with van der Waals surface area (Å²) in [7, 11) is -3.23. The van der Waals surface area contributed by atoms with Crippen molar-refractivity contribution < 1.29 is 8.42 Å². The Morgan fingerprint density at radius 2 is 1.87 bits per heavy atom. The van der Waals surface area contributed by atoms with E-state index >= 15 is 0 Å². The van der Waals surface area contributed by atoms with Crippen LogP contribution in [-0.2, 0) is 10.0 Å². The SMILES string of the molecule is Cc1c(I)c2ccccc2n1S(C)(=O)=O. The zero-order valence-corrected chi connectivity index (χ0v) is 11.3. The first-order chi connectivity index (χ1) is 6.93. The quantitative estimate of drug-likeness (QED) is 0.751. The Bertz CT molecular complexity index is 628. The predicted molar refractivity (Wildman–Crippen MR) is 69.6 cm³/mol. The molecule has 0 aliphatic heterocycles. The van der Waals surface area contributed by atoms with E-state index in [1.54, 1.807) is 0 Å². The molecular formula is C10H10INO2S. The largest absolute Gasteiger partial charge is 0.241 e. The topological polar surface area (TPSA) is 39.1 Å². The van der Waals surface area contributed by atoms with Gasteiger partial charge in [0, 0.05) is 14.7 Å². The van der Waals surface area contributed by atoms with E-state index in [9.17, 15) is 8.42 Å². The minimum Gasteiger partial charge on any atom is -0.241 e. The smallest absolute Gasteiger partial charge is 0.236 e. The third-order valence-electron chi connectivity index (χ3n) is 2.31. The molecule has 0 bridgehead atoms. The van der Waals surface area contributed by atoms with Gasteiger partial charge in [0.2, 0.25) is 10.0 Å². The molecule has 0 spiro atoms. The van der Waals surface area contributed by atoms with Gasteiger partial charge in [0.05, 0.1) is 11.8 Å². The summed E-state index contributed by atoms with van der Waals surface area (Å²) in [5.41, 5.74) is 1.53. The number of hydrogen-bond acceptors (Lipinski definition) is 2. The summed E-state index contributed by atoms with van der Waals surface area (Å²) < 4.78 is 25.7. The Kier molecular flexibility index (Phi) is 2.54. The maximum Gasteiger partial charge on any atom is 0.236 e. The number of halogens is 1. The lowest BCUT2D eigenvalue weighted by atomic mass is 10.2. The molecule has 1 heterocycles. The van der Waals surface area contributed by atoms with E-state index in [2.05, 4.69) is 22.6 Å². The molecule has 0 fully saturated rings. The van der Waals surface area contributed by atoms with Crippen molar-refractivity contribution in [2.75, 3.05) is 6.26 Å². The van der Waals surface area contributed by atoms with Gasteiger partial charge in [-0.1, -0.05) is 18.2 Å². The van der Waals surface area contributed by atoms with Crippen LogP contribution in [0.1, 0.15) is 5.69 Å². The van der Waals surface area contributed by atoms with Gasteiger partial charge in [-0.2, -0.15) is 0 Å². The predicted octanol–water partition coefficient (Wildman–Crippen LogP) is 2.36. The number of benzene rings is 1. The summed E-state index contributed by atoms with van der Waals surface area (Å²) in [6, 6.07) is 7.52. The van der Waals surface area contributed by atoms with Gasteiger partial charge >= 0.3 is 0 Å². The molecule has 0 N–H and O–H groups in total. The molecule has 1 aromatic carbocycles. The number of hydrogen-bond donors (Lipinski definition) is 0. The van der Waals surface area contributed by atoms with Crippen molar-refractivity contribution in [3.05, 3.63) is 33.5 Å². The zero-order chi connectivity index (χ0) is 11.2. The monoisotopic (exact) mass is 335 g/mol.